The van der Waals surface area contributed by atoms with Gasteiger partial charge in [-0.1, -0.05) is 15.9 Å². The van der Waals surface area contributed by atoms with Crippen LogP contribution in [-0.2, 0) is 9.59 Å². The number of piperazine rings is 1. The molecule has 0 radical (unpaired) electrons. The number of rotatable bonds is 5. The van der Waals surface area contributed by atoms with Crippen LogP contribution in [0, 0.1) is 0 Å². The molecule has 1 fully saturated rings. The number of hydrogen-bond donors (Lipinski definition) is 2. The van der Waals surface area contributed by atoms with Gasteiger partial charge in [0, 0.05) is 10.0 Å². The first-order valence-corrected chi connectivity index (χ1v) is 9.33. The summed E-state index contributed by atoms with van der Waals surface area (Å²) >= 11 is 3.36. The third-order valence-corrected chi connectivity index (χ3v) is 4.45. The van der Waals surface area contributed by atoms with Gasteiger partial charge in [0.25, 0.3) is 11.8 Å². The van der Waals surface area contributed by atoms with E-state index in [0.29, 0.717) is 25.4 Å². The molecule has 0 spiro atoms. The van der Waals surface area contributed by atoms with Gasteiger partial charge in [-0.2, -0.15) is 0 Å². The number of amides is 2. The molecule has 2 amide bonds. The predicted octanol–water partition coefficient (Wildman–Crippen LogP) is 0.470. The first kappa shape index (κ1) is 19.7. The second-order valence-corrected chi connectivity index (χ2v) is 8.26. The zero-order valence-electron chi connectivity index (χ0n) is 15.1. The van der Waals surface area contributed by atoms with Gasteiger partial charge in [-0.05, 0) is 45.0 Å². The minimum absolute atomic E-state index is 0.0129. The summed E-state index contributed by atoms with van der Waals surface area (Å²) in [4.78, 5) is 27.3. The molecule has 0 aromatic heterocycles. The zero-order chi connectivity index (χ0) is 18.4. The van der Waals surface area contributed by atoms with Gasteiger partial charge >= 0.3 is 0 Å². The lowest BCUT2D eigenvalue weighted by molar-refractivity contribution is -0.896. The number of nitrogens with one attached hydrogen (secondary N) is 2. The van der Waals surface area contributed by atoms with Gasteiger partial charge in [0.15, 0.2) is 13.2 Å². The number of benzene rings is 1. The van der Waals surface area contributed by atoms with Crippen molar-refractivity contribution in [2.24, 2.45) is 0 Å². The number of ether oxygens (including phenoxy) is 1. The van der Waals surface area contributed by atoms with E-state index in [9.17, 15) is 9.59 Å². The summed E-state index contributed by atoms with van der Waals surface area (Å²) in [6, 6.07) is 7.41. The minimum atomic E-state index is -0.210. The van der Waals surface area contributed by atoms with Gasteiger partial charge in [0.2, 0.25) is 0 Å². The summed E-state index contributed by atoms with van der Waals surface area (Å²) in [5.74, 6) is 0.724. The van der Waals surface area contributed by atoms with Gasteiger partial charge in [0.05, 0.1) is 26.2 Å². The van der Waals surface area contributed by atoms with Gasteiger partial charge < -0.3 is 19.9 Å². The molecule has 2 N–H and O–H groups in total. The van der Waals surface area contributed by atoms with Crippen LogP contribution in [-0.4, -0.2) is 61.6 Å². The van der Waals surface area contributed by atoms with Gasteiger partial charge in [0.1, 0.15) is 5.75 Å². The molecule has 138 valence electrons. The van der Waals surface area contributed by atoms with E-state index < -0.39 is 0 Å². The van der Waals surface area contributed by atoms with E-state index in [1.54, 1.807) is 0 Å². The molecule has 7 heteroatoms. The summed E-state index contributed by atoms with van der Waals surface area (Å²) in [5, 5.41) is 2.98. The molecular formula is C18H27BrN3O3+. The first-order chi connectivity index (χ1) is 11.7. The smallest absolute Gasteiger partial charge is 0.275 e. The number of halogens is 1. The average Bonchev–Trinajstić information content (AvgIpc) is 2.53. The Bertz CT molecular complexity index is 591. The maximum atomic E-state index is 12.3. The highest BCUT2D eigenvalue weighted by molar-refractivity contribution is 9.10. The Balaban J connectivity index is 1.71. The summed E-state index contributed by atoms with van der Waals surface area (Å²) in [7, 11) is 0. The Kier molecular flexibility index (Phi) is 6.84. The molecule has 1 aliphatic rings. The molecule has 1 saturated heterocycles. The maximum Gasteiger partial charge on any atom is 0.275 e. The van der Waals surface area contributed by atoms with Crippen molar-refractivity contribution < 1.29 is 19.2 Å². The Morgan fingerprint density at radius 2 is 1.80 bits per heavy atom. The Labute approximate surface area is 157 Å². The van der Waals surface area contributed by atoms with Crippen molar-refractivity contribution in [3.63, 3.8) is 0 Å². The van der Waals surface area contributed by atoms with Crippen LogP contribution in [0.3, 0.4) is 0 Å². The second-order valence-electron chi connectivity index (χ2n) is 7.35. The van der Waals surface area contributed by atoms with Gasteiger partial charge in [-0.3, -0.25) is 9.59 Å². The molecule has 1 heterocycles. The van der Waals surface area contributed by atoms with Crippen molar-refractivity contribution in [1.29, 1.82) is 0 Å². The molecule has 6 nitrogen and oxygen atoms in total. The van der Waals surface area contributed by atoms with Crippen LogP contribution in [0.4, 0.5) is 0 Å². The molecule has 0 saturated carbocycles. The van der Waals surface area contributed by atoms with Crippen LogP contribution in [0.15, 0.2) is 28.7 Å². The highest BCUT2D eigenvalue weighted by atomic mass is 79.9. The Morgan fingerprint density at radius 3 is 2.36 bits per heavy atom. The third kappa shape index (κ3) is 7.04. The van der Waals surface area contributed by atoms with Gasteiger partial charge in [-0.15, -0.1) is 0 Å². The lowest BCUT2D eigenvalue weighted by Gasteiger charge is -2.32. The van der Waals surface area contributed by atoms with Crippen molar-refractivity contribution in [3.05, 3.63) is 28.7 Å². The lowest BCUT2D eigenvalue weighted by atomic mass is 10.1. The third-order valence-electron chi connectivity index (χ3n) is 3.92. The Hall–Kier alpha value is -1.60. The number of quaternary nitrogens is 1. The monoisotopic (exact) mass is 412 g/mol. The molecule has 0 atom stereocenters. The van der Waals surface area contributed by atoms with E-state index in [0.717, 1.165) is 17.6 Å². The summed E-state index contributed by atoms with van der Waals surface area (Å²) in [6.45, 7) is 9.29. The Morgan fingerprint density at radius 1 is 1.20 bits per heavy atom. The fourth-order valence-corrected chi connectivity index (χ4v) is 2.97. The molecule has 0 unspecified atom stereocenters. The molecule has 25 heavy (non-hydrogen) atoms. The largest absolute Gasteiger partial charge is 0.484 e. The highest BCUT2D eigenvalue weighted by Crippen LogP contribution is 2.16. The SMILES string of the molecule is CC(C)(C)NC(=O)C[NH+]1CCN(C(=O)COc2ccc(Br)cc2)CC1. The molecule has 0 aliphatic carbocycles. The van der Waals surface area contributed by atoms with Crippen LogP contribution in [0.5, 0.6) is 5.75 Å². The fraction of sp³-hybridized carbons (Fsp3) is 0.556. The average molecular weight is 413 g/mol. The molecule has 1 aliphatic heterocycles. The fourth-order valence-electron chi connectivity index (χ4n) is 2.71. The molecular weight excluding hydrogens is 386 g/mol. The summed E-state index contributed by atoms with van der Waals surface area (Å²) < 4.78 is 6.51. The standard InChI is InChI=1S/C18H26BrN3O3/c1-18(2,3)20-16(23)12-21-8-10-22(11-9-21)17(24)13-25-15-6-4-14(19)5-7-15/h4-7H,8-13H2,1-3H3,(H,20,23)/p+1. The maximum absolute atomic E-state index is 12.3. The number of carbonyl (C=O) groups is 2. The number of hydrogen-bond acceptors (Lipinski definition) is 3. The topological polar surface area (TPSA) is 63.1 Å². The van der Waals surface area contributed by atoms with Gasteiger partial charge in [-0.25, -0.2) is 0 Å². The van der Waals surface area contributed by atoms with E-state index >= 15 is 0 Å². The number of nitrogens with zero attached hydrogens (tertiary/aromatic N) is 1. The highest BCUT2D eigenvalue weighted by Gasteiger charge is 2.26. The lowest BCUT2D eigenvalue weighted by Crippen LogP contribution is -3.16. The second kappa shape index (κ2) is 8.67. The quantitative estimate of drug-likeness (QED) is 0.738. The van der Waals surface area contributed by atoms with Crippen LogP contribution in [0.25, 0.3) is 0 Å². The summed E-state index contributed by atoms with van der Waals surface area (Å²) in [6.07, 6.45) is 0. The van der Waals surface area contributed by atoms with E-state index in [1.165, 1.54) is 4.90 Å². The molecule has 1 aromatic rings. The van der Waals surface area contributed by atoms with Crippen LogP contribution < -0.4 is 15.0 Å². The zero-order valence-corrected chi connectivity index (χ0v) is 16.7. The van der Waals surface area contributed by atoms with Crippen LogP contribution >= 0.6 is 15.9 Å². The van der Waals surface area contributed by atoms with Crippen molar-refractivity contribution in [2.75, 3.05) is 39.3 Å². The van der Waals surface area contributed by atoms with E-state index in [4.69, 9.17) is 4.74 Å². The summed E-state index contributed by atoms with van der Waals surface area (Å²) in [5.41, 5.74) is -0.210. The van der Waals surface area contributed by atoms with Crippen molar-refractivity contribution in [3.8, 4) is 5.75 Å². The molecule has 2 rings (SSSR count). The molecule has 0 bridgehead atoms. The normalized spacial score (nSPS) is 15.8. The molecule has 1 aromatic carbocycles. The van der Waals surface area contributed by atoms with Crippen molar-refractivity contribution in [1.82, 2.24) is 10.2 Å². The van der Waals surface area contributed by atoms with Crippen LogP contribution in [0.2, 0.25) is 0 Å². The minimum Gasteiger partial charge on any atom is -0.484 e. The van der Waals surface area contributed by atoms with Crippen LogP contribution in [0.1, 0.15) is 20.8 Å². The van der Waals surface area contributed by atoms with E-state index in [2.05, 4.69) is 21.2 Å². The van der Waals surface area contributed by atoms with E-state index in [1.807, 2.05) is 49.9 Å². The predicted molar refractivity (Wildman–Crippen MR) is 99.7 cm³/mol. The van der Waals surface area contributed by atoms with Crippen molar-refractivity contribution in [2.45, 2.75) is 26.3 Å². The van der Waals surface area contributed by atoms with E-state index in [-0.39, 0.29) is 24.0 Å². The first-order valence-electron chi connectivity index (χ1n) is 8.54. The number of carbonyl (C=O) groups excluding carboxylic acids is 2. The van der Waals surface area contributed by atoms with Crippen molar-refractivity contribution >= 4 is 27.7 Å².